The first-order valence-electron chi connectivity index (χ1n) is 5.41. The largest absolute Gasteiger partial charge is 0.462 e. The van der Waals surface area contributed by atoms with Gasteiger partial charge >= 0.3 is 5.97 Å². The molecule has 0 aliphatic heterocycles. The zero-order valence-corrected chi connectivity index (χ0v) is 9.62. The maximum Gasteiger partial charge on any atom is 0.311 e. The lowest BCUT2D eigenvalue weighted by molar-refractivity contribution is -0.156. The summed E-state index contributed by atoms with van der Waals surface area (Å²) in [6.45, 7) is 7.49. The highest BCUT2D eigenvalue weighted by molar-refractivity contribution is 5.72. The molecule has 3 nitrogen and oxygen atoms in total. The Hall–Kier alpha value is -0.570. The van der Waals surface area contributed by atoms with Crippen molar-refractivity contribution in [3.05, 3.63) is 0 Å². The lowest BCUT2D eigenvalue weighted by atomic mass is 10.0. The fraction of sp³-hybridized carbons (Fsp3) is 0.909. The van der Waals surface area contributed by atoms with E-state index in [0.717, 1.165) is 12.8 Å². The van der Waals surface area contributed by atoms with E-state index < -0.39 is 12.0 Å². The average molecular weight is 202 g/mol. The highest BCUT2D eigenvalue weighted by Crippen LogP contribution is 2.11. The van der Waals surface area contributed by atoms with Gasteiger partial charge < -0.3 is 9.84 Å². The minimum Gasteiger partial charge on any atom is -0.462 e. The second-order valence-corrected chi connectivity index (χ2v) is 3.80. The Morgan fingerprint density at radius 2 is 1.93 bits per heavy atom. The molecule has 0 rings (SSSR count). The van der Waals surface area contributed by atoms with Crippen molar-refractivity contribution in [2.75, 3.05) is 0 Å². The van der Waals surface area contributed by atoms with E-state index >= 15 is 0 Å². The molecule has 0 aliphatic carbocycles. The second-order valence-electron chi connectivity index (χ2n) is 3.80. The van der Waals surface area contributed by atoms with Crippen LogP contribution in [-0.4, -0.2) is 23.3 Å². The van der Waals surface area contributed by atoms with Crippen LogP contribution >= 0.6 is 0 Å². The number of ether oxygens (including phenoxy) is 1. The highest BCUT2D eigenvalue weighted by atomic mass is 16.5. The molecule has 0 heterocycles. The van der Waals surface area contributed by atoms with E-state index in [1.54, 1.807) is 6.92 Å². The number of rotatable bonds is 6. The van der Waals surface area contributed by atoms with Crippen LogP contribution < -0.4 is 0 Å². The first kappa shape index (κ1) is 13.4. The Labute approximate surface area is 86.5 Å². The number of hydrogen-bond acceptors (Lipinski definition) is 3. The van der Waals surface area contributed by atoms with Crippen molar-refractivity contribution in [3.63, 3.8) is 0 Å². The summed E-state index contributed by atoms with van der Waals surface area (Å²) >= 11 is 0. The number of carbonyl (C=O) groups excluding carboxylic acids is 1. The van der Waals surface area contributed by atoms with Gasteiger partial charge in [-0.2, -0.15) is 0 Å². The Kier molecular flexibility index (Phi) is 6.54. The van der Waals surface area contributed by atoms with Crippen LogP contribution in [0.4, 0.5) is 0 Å². The van der Waals surface area contributed by atoms with Gasteiger partial charge in [-0.15, -0.1) is 0 Å². The summed E-state index contributed by atoms with van der Waals surface area (Å²) in [4.78, 5) is 11.4. The molecule has 3 atom stereocenters. The molecule has 0 aromatic rings. The van der Waals surface area contributed by atoms with Gasteiger partial charge in [0.2, 0.25) is 0 Å². The molecule has 0 saturated heterocycles. The van der Waals surface area contributed by atoms with Crippen molar-refractivity contribution in [1.29, 1.82) is 0 Å². The monoisotopic (exact) mass is 202 g/mol. The highest BCUT2D eigenvalue weighted by Gasteiger charge is 2.23. The average Bonchev–Trinajstić information content (AvgIpc) is 2.15. The number of hydrogen-bond donors (Lipinski definition) is 1. The number of esters is 1. The summed E-state index contributed by atoms with van der Waals surface area (Å²) in [6.07, 6.45) is 1.83. The SMILES string of the molecule is CCCC(C)OC(=O)C(C)C(O)CC. The molecule has 0 saturated carbocycles. The van der Waals surface area contributed by atoms with Crippen molar-refractivity contribution in [2.24, 2.45) is 5.92 Å². The van der Waals surface area contributed by atoms with E-state index in [1.165, 1.54) is 0 Å². The van der Waals surface area contributed by atoms with E-state index in [9.17, 15) is 9.90 Å². The van der Waals surface area contributed by atoms with E-state index in [4.69, 9.17) is 4.74 Å². The first-order valence-corrected chi connectivity index (χ1v) is 5.41. The topological polar surface area (TPSA) is 46.5 Å². The summed E-state index contributed by atoms with van der Waals surface area (Å²) in [6, 6.07) is 0. The van der Waals surface area contributed by atoms with Gasteiger partial charge in [0.1, 0.15) is 0 Å². The van der Waals surface area contributed by atoms with Gasteiger partial charge in [0.15, 0.2) is 0 Å². The zero-order valence-electron chi connectivity index (χ0n) is 9.62. The smallest absolute Gasteiger partial charge is 0.311 e. The Morgan fingerprint density at radius 3 is 2.36 bits per heavy atom. The molecule has 0 aromatic carbocycles. The summed E-state index contributed by atoms with van der Waals surface area (Å²) in [5, 5.41) is 9.44. The van der Waals surface area contributed by atoms with Crippen molar-refractivity contribution in [2.45, 2.75) is 59.2 Å². The molecule has 84 valence electrons. The minimum atomic E-state index is -0.587. The first-order chi connectivity index (χ1) is 6.52. The number of carbonyl (C=O) groups is 1. The van der Waals surface area contributed by atoms with E-state index in [-0.39, 0.29) is 12.1 Å². The summed E-state index contributed by atoms with van der Waals surface area (Å²) < 4.78 is 5.18. The Morgan fingerprint density at radius 1 is 1.36 bits per heavy atom. The summed E-state index contributed by atoms with van der Waals surface area (Å²) in [5.41, 5.74) is 0. The molecular formula is C11H22O3. The minimum absolute atomic E-state index is 0.0426. The second kappa shape index (κ2) is 6.82. The third-order valence-electron chi connectivity index (χ3n) is 2.38. The van der Waals surface area contributed by atoms with Crippen LogP contribution in [0.1, 0.15) is 47.0 Å². The standard InChI is InChI=1S/C11H22O3/c1-5-7-8(3)14-11(13)9(4)10(12)6-2/h8-10,12H,5-7H2,1-4H3. The van der Waals surface area contributed by atoms with Crippen molar-refractivity contribution in [1.82, 2.24) is 0 Å². The quantitative estimate of drug-likeness (QED) is 0.671. The predicted molar refractivity (Wildman–Crippen MR) is 55.9 cm³/mol. The van der Waals surface area contributed by atoms with Crippen LogP contribution in [0.5, 0.6) is 0 Å². The Balaban J connectivity index is 3.94. The van der Waals surface area contributed by atoms with Crippen LogP contribution in [0.3, 0.4) is 0 Å². The van der Waals surface area contributed by atoms with Crippen molar-refractivity contribution >= 4 is 5.97 Å². The van der Waals surface area contributed by atoms with Gasteiger partial charge in [0.25, 0.3) is 0 Å². The van der Waals surface area contributed by atoms with E-state index in [0.29, 0.717) is 6.42 Å². The zero-order chi connectivity index (χ0) is 11.1. The fourth-order valence-corrected chi connectivity index (χ4v) is 1.28. The molecule has 0 aliphatic rings. The van der Waals surface area contributed by atoms with Gasteiger partial charge in [-0.05, 0) is 26.7 Å². The summed E-state index contributed by atoms with van der Waals surface area (Å²) in [5.74, 6) is -0.709. The molecule has 0 bridgehead atoms. The van der Waals surface area contributed by atoms with Gasteiger partial charge in [-0.25, -0.2) is 0 Å². The van der Waals surface area contributed by atoms with Crippen LogP contribution in [0.25, 0.3) is 0 Å². The number of aliphatic hydroxyl groups excluding tert-OH is 1. The summed E-state index contributed by atoms with van der Waals surface area (Å²) in [7, 11) is 0. The van der Waals surface area contributed by atoms with Crippen LogP contribution in [0.2, 0.25) is 0 Å². The van der Waals surface area contributed by atoms with E-state index in [1.807, 2.05) is 13.8 Å². The molecule has 0 amide bonds. The molecular weight excluding hydrogens is 180 g/mol. The predicted octanol–water partition coefficient (Wildman–Crippen LogP) is 2.13. The molecule has 3 heteroatoms. The van der Waals surface area contributed by atoms with Gasteiger partial charge in [0, 0.05) is 0 Å². The normalized spacial score (nSPS) is 17.2. The molecule has 0 fully saturated rings. The molecule has 14 heavy (non-hydrogen) atoms. The lowest BCUT2D eigenvalue weighted by Crippen LogP contribution is -2.29. The maximum atomic E-state index is 11.4. The van der Waals surface area contributed by atoms with Gasteiger partial charge in [0.05, 0.1) is 18.1 Å². The van der Waals surface area contributed by atoms with E-state index in [2.05, 4.69) is 6.92 Å². The molecule has 0 aromatic heterocycles. The third-order valence-corrected chi connectivity index (χ3v) is 2.38. The molecule has 1 N–H and O–H groups in total. The lowest BCUT2D eigenvalue weighted by Gasteiger charge is -2.19. The van der Waals surface area contributed by atoms with Crippen LogP contribution in [0.15, 0.2) is 0 Å². The Bertz CT molecular complexity index is 168. The van der Waals surface area contributed by atoms with Crippen molar-refractivity contribution in [3.8, 4) is 0 Å². The van der Waals surface area contributed by atoms with Crippen molar-refractivity contribution < 1.29 is 14.6 Å². The molecule has 0 spiro atoms. The van der Waals surface area contributed by atoms with Gasteiger partial charge in [-0.3, -0.25) is 4.79 Å². The molecule has 0 radical (unpaired) electrons. The molecule has 3 unspecified atom stereocenters. The van der Waals surface area contributed by atoms with Crippen LogP contribution in [-0.2, 0) is 9.53 Å². The fourth-order valence-electron chi connectivity index (χ4n) is 1.28. The van der Waals surface area contributed by atoms with Gasteiger partial charge in [-0.1, -0.05) is 20.3 Å². The maximum absolute atomic E-state index is 11.4. The van der Waals surface area contributed by atoms with Crippen LogP contribution in [0, 0.1) is 5.92 Å². The number of aliphatic hydroxyl groups is 1. The third kappa shape index (κ3) is 4.61.